The van der Waals surface area contributed by atoms with E-state index in [-0.39, 0.29) is 13.2 Å². The lowest BCUT2D eigenvalue weighted by Gasteiger charge is -2.40. The fourth-order valence-electron chi connectivity index (χ4n) is 2.63. The molecule has 7 N–H and O–H groups in total. The van der Waals surface area contributed by atoms with Gasteiger partial charge >= 0.3 is 5.97 Å². The van der Waals surface area contributed by atoms with Crippen molar-refractivity contribution in [3.63, 3.8) is 0 Å². The number of rotatable bonds is 4. The number of carbonyl (C=O) groups excluding carboxylic acids is 1. The molecular weight excluding hydrogens is 330 g/mol. The Bertz CT molecular complexity index is 437. The summed E-state index contributed by atoms with van der Waals surface area (Å²) in [5.74, 6) is -0.948. The third-order valence-corrected chi connectivity index (χ3v) is 4.19. The molecule has 2 aliphatic heterocycles. The molecule has 0 aliphatic carbocycles. The molecule has 0 amide bonds. The first-order valence-electron chi connectivity index (χ1n) is 7.44. The zero-order valence-electron chi connectivity index (χ0n) is 12.9. The largest absolute Gasteiger partial charge is 0.467 e. The van der Waals surface area contributed by atoms with Crippen molar-refractivity contribution < 1.29 is 49.6 Å². The van der Waals surface area contributed by atoms with Crippen LogP contribution in [0.2, 0.25) is 0 Å². The summed E-state index contributed by atoms with van der Waals surface area (Å²) < 4.78 is 14.8. The Kier molecular flexibility index (Phi) is 6.47. The van der Waals surface area contributed by atoms with Gasteiger partial charge in [0.05, 0.1) is 32.0 Å². The minimum Gasteiger partial charge on any atom is -0.467 e. The number of aliphatic hydroxyl groups excluding tert-OH is 6. The van der Waals surface area contributed by atoms with Crippen molar-refractivity contribution in [1.82, 2.24) is 5.32 Å². The molecule has 2 fully saturated rings. The van der Waals surface area contributed by atoms with Crippen molar-refractivity contribution in [3.8, 4) is 0 Å². The second kappa shape index (κ2) is 7.99. The van der Waals surface area contributed by atoms with Crippen LogP contribution in [-0.2, 0) is 19.0 Å². The van der Waals surface area contributed by atoms with E-state index in [1.54, 1.807) is 0 Å². The van der Waals surface area contributed by atoms with Gasteiger partial charge in [-0.05, 0) is 0 Å². The maximum Gasteiger partial charge on any atom is 0.337 e. The van der Waals surface area contributed by atoms with Gasteiger partial charge in [0.1, 0.15) is 24.4 Å². The number of esters is 1. The molecule has 140 valence electrons. The van der Waals surface area contributed by atoms with E-state index in [9.17, 15) is 35.4 Å². The highest BCUT2D eigenvalue weighted by atomic mass is 16.7. The topological polar surface area (TPSA) is 178 Å². The molecule has 11 nitrogen and oxygen atoms in total. The Balaban J connectivity index is 1.96. The van der Waals surface area contributed by atoms with Gasteiger partial charge in [0.15, 0.2) is 12.4 Å². The van der Waals surface area contributed by atoms with Crippen LogP contribution in [0.4, 0.5) is 0 Å². The molecule has 9 atom stereocenters. The summed E-state index contributed by atoms with van der Waals surface area (Å²) in [5.41, 5.74) is 0. The minimum atomic E-state index is -1.70. The van der Waals surface area contributed by atoms with Gasteiger partial charge in [-0.1, -0.05) is 0 Å². The first kappa shape index (κ1) is 19.4. The number of carbonyl (C=O) groups is 1. The van der Waals surface area contributed by atoms with Gasteiger partial charge in [-0.3, -0.25) is 0 Å². The lowest BCUT2D eigenvalue weighted by atomic mass is 9.96. The Morgan fingerprint density at radius 3 is 2.33 bits per heavy atom. The Hall–Kier alpha value is -0.890. The van der Waals surface area contributed by atoms with E-state index >= 15 is 0 Å². The van der Waals surface area contributed by atoms with Crippen LogP contribution in [0.5, 0.6) is 0 Å². The summed E-state index contributed by atoms with van der Waals surface area (Å²) >= 11 is 0. The second-order valence-corrected chi connectivity index (χ2v) is 5.82. The molecule has 0 radical (unpaired) electrons. The minimum absolute atomic E-state index is 0.0203. The average molecular weight is 353 g/mol. The van der Waals surface area contributed by atoms with E-state index in [4.69, 9.17) is 9.47 Å². The molecule has 2 aliphatic rings. The van der Waals surface area contributed by atoms with E-state index < -0.39 is 61.0 Å². The summed E-state index contributed by atoms with van der Waals surface area (Å²) in [7, 11) is 1.07. The first-order chi connectivity index (χ1) is 11.3. The van der Waals surface area contributed by atoms with Crippen LogP contribution in [0, 0.1) is 0 Å². The molecular formula is C13H23NO10. The molecule has 2 saturated heterocycles. The predicted octanol–water partition coefficient (Wildman–Crippen LogP) is -4.96. The lowest BCUT2D eigenvalue weighted by molar-refractivity contribution is -0.297. The SMILES string of the molecule is COC(=O)C1OC(OCC2NCC(O)C(O)C2O)C(O)C(O)C1O. The fourth-order valence-corrected chi connectivity index (χ4v) is 2.63. The van der Waals surface area contributed by atoms with Gasteiger partial charge in [0.2, 0.25) is 0 Å². The maximum atomic E-state index is 11.5. The normalized spacial score (nSPS) is 46.5. The second-order valence-electron chi connectivity index (χ2n) is 5.82. The maximum absolute atomic E-state index is 11.5. The third-order valence-electron chi connectivity index (χ3n) is 4.19. The van der Waals surface area contributed by atoms with Crippen LogP contribution in [0.1, 0.15) is 0 Å². The van der Waals surface area contributed by atoms with E-state index in [2.05, 4.69) is 10.1 Å². The van der Waals surface area contributed by atoms with Gasteiger partial charge in [-0.25, -0.2) is 4.79 Å². The van der Waals surface area contributed by atoms with Crippen molar-refractivity contribution in [2.45, 2.75) is 55.1 Å². The smallest absolute Gasteiger partial charge is 0.337 e. The molecule has 0 aromatic carbocycles. The summed E-state index contributed by atoms with van der Waals surface area (Å²) in [6.07, 6.45) is -11.9. The van der Waals surface area contributed by atoms with Crippen molar-refractivity contribution in [2.75, 3.05) is 20.3 Å². The number of β-amino-alcohol motifs (C(OH)–C–C–N with tert-alkyl or cyclic N) is 1. The van der Waals surface area contributed by atoms with Gasteiger partial charge < -0.3 is 50.2 Å². The third kappa shape index (κ3) is 3.85. The summed E-state index contributed by atoms with van der Waals surface area (Å²) in [5, 5.41) is 61.1. The zero-order chi connectivity index (χ0) is 18.0. The Labute approximate surface area is 137 Å². The quantitative estimate of drug-likeness (QED) is 0.241. The first-order valence-corrected chi connectivity index (χ1v) is 7.44. The molecule has 2 heterocycles. The van der Waals surface area contributed by atoms with Crippen LogP contribution in [0.25, 0.3) is 0 Å². The Morgan fingerprint density at radius 1 is 1.04 bits per heavy atom. The molecule has 0 saturated carbocycles. The van der Waals surface area contributed by atoms with E-state index in [0.717, 1.165) is 7.11 Å². The van der Waals surface area contributed by atoms with Gasteiger partial charge in [-0.15, -0.1) is 0 Å². The van der Waals surface area contributed by atoms with Crippen LogP contribution >= 0.6 is 0 Å². The van der Waals surface area contributed by atoms with E-state index in [1.165, 1.54) is 0 Å². The van der Waals surface area contributed by atoms with E-state index in [1.807, 2.05) is 0 Å². The summed E-state index contributed by atoms with van der Waals surface area (Å²) in [6, 6.07) is -0.778. The van der Waals surface area contributed by atoms with Crippen LogP contribution in [0.3, 0.4) is 0 Å². The highest BCUT2D eigenvalue weighted by Gasteiger charge is 2.48. The van der Waals surface area contributed by atoms with Crippen molar-refractivity contribution in [1.29, 1.82) is 0 Å². The predicted molar refractivity (Wildman–Crippen MR) is 74.5 cm³/mol. The van der Waals surface area contributed by atoms with E-state index in [0.29, 0.717) is 0 Å². The lowest BCUT2D eigenvalue weighted by Crippen LogP contribution is -2.63. The number of nitrogens with one attached hydrogen (secondary N) is 1. The van der Waals surface area contributed by atoms with Crippen molar-refractivity contribution >= 4 is 5.97 Å². The number of hydrogen-bond acceptors (Lipinski definition) is 11. The highest BCUT2D eigenvalue weighted by molar-refractivity contribution is 5.75. The zero-order valence-corrected chi connectivity index (χ0v) is 12.9. The molecule has 0 aromatic heterocycles. The van der Waals surface area contributed by atoms with Crippen molar-refractivity contribution in [2.24, 2.45) is 0 Å². The molecule has 2 rings (SSSR count). The number of piperidine rings is 1. The summed E-state index contributed by atoms with van der Waals surface area (Å²) in [6.45, 7) is -0.240. The molecule has 9 unspecified atom stereocenters. The molecule has 0 aromatic rings. The molecule has 24 heavy (non-hydrogen) atoms. The number of hydrogen-bond donors (Lipinski definition) is 7. The van der Waals surface area contributed by atoms with Crippen LogP contribution in [-0.4, -0.2) is 112 Å². The fraction of sp³-hybridized carbons (Fsp3) is 0.923. The number of methoxy groups -OCH3 is 1. The number of aliphatic hydroxyl groups is 6. The molecule has 0 bridgehead atoms. The molecule has 11 heteroatoms. The van der Waals surface area contributed by atoms with Crippen LogP contribution < -0.4 is 5.32 Å². The van der Waals surface area contributed by atoms with Gasteiger partial charge in [-0.2, -0.15) is 0 Å². The van der Waals surface area contributed by atoms with Crippen LogP contribution in [0.15, 0.2) is 0 Å². The van der Waals surface area contributed by atoms with Gasteiger partial charge in [0.25, 0.3) is 0 Å². The number of ether oxygens (including phenoxy) is 3. The van der Waals surface area contributed by atoms with Crippen molar-refractivity contribution in [3.05, 3.63) is 0 Å². The Morgan fingerprint density at radius 2 is 1.71 bits per heavy atom. The highest BCUT2D eigenvalue weighted by Crippen LogP contribution is 2.23. The average Bonchev–Trinajstić information content (AvgIpc) is 2.58. The monoisotopic (exact) mass is 353 g/mol. The standard InChI is InChI=1S/C13H23NO10/c1-22-12(21)11-9(19)8(18)10(20)13(24-11)23-3-4-6(16)7(17)5(15)2-14-4/h4-11,13-20H,2-3H2,1H3. The summed E-state index contributed by atoms with van der Waals surface area (Å²) in [4.78, 5) is 11.5. The van der Waals surface area contributed by atoms with Gasteiger partial charge in [0, 0.05) is 6.54 Å². The molecule has 0 spiro atoms.